The van der Waals surface area contributed by atoms with Crippen molar-refractivity contribution in [1.82, 2.24) is 9.13 Å². The lowest BCUT2D eigenvalue weighted by atomic mass is 10.1. The SMILES string of the molecule is [C-]#[N+]c1ccc2c(c1)c1cc(C)ccc1n2-c1cccc2c1sc1cccc(-n3c4ccccc4c4ccccc43)c12. The summed E-state index contributed by atoms with van der Waals surface area (Å²) in [5, 5.41) is 7.36. The standard InChI is InChI=1S/C38H23N3S/c1-23-17-19-32-28(21-23)29-22-24(39-2)18-20-33(29)41(32)35-15-7-11-27-37-34(14-8-16-36(37)42-38(27)35)40-30-12-5-3-9-25(30)26-10-4-6-13-31(26)40/h3-22H,1H3. The Morgan fingerprint density at radius 2 is 1.14 bits per heavy atom. The minimum absolute atomic E-state index is 0.666. The van der Waals surface area contributed by atoms with E-state index in [-0.39, 0.29) is 0 Å². The lowest BCUT2D eigenvalue weighted by Crippen LogP contribution is -1.95. The van der Waals surface area contributed by atoms with E-state index < -0.39 is 0 Å². The Morgan fingerprint density at radius 3 is 1.90 bits per heavy atom. The highest BCUT2D eigenvalue weighted by molar-refractivity contribution is 7.26. The third-order valence-electron chi connectivity index (χ3n) is 8.57. The normalized spacial score (nSPS) is 11.9. The van der Waals surface area contributed by atoms with Crippen LogP contribution in [0.4, 0.5) is 5.69 Å². The highest BCUT2D eigenvalue weighted by Crippen LogP contribution is 2.44. The van der Waals surface area contributed by atoms with E-state index in [1.165, 1.54) is 64.3 Å². The Labute approximate surface area is 245 Å². The molecule has 196 valence electrons. The number of aromatic nitrogens is 2. The van der Waals surface area contributed by atoms with Crippen LogP contribution >= 0.6 is 11.3 Å². The largest absolute Gasteiger partial charge is 0.309 e. The Balaban J connectivity index is 1.40. The van der Waals surface area contributed by atoms with Crippen LogP contribution in [-0.2, 0) is 0 Å². The van der Waals surface area contributed by atoms with Crippen LogP contribution in [-0.4, -0.2) is 9.13 Å². The molecule has 0 fully saturated rings. The summed E-state index contributed by atoms with van der Waals surface area (Å²) < 4.78 is 7.34. The van der Waals surface area contributed by atoms with Gasteiger partial charge in [0.25, 0.3) is 0 Å². The first-order valence-corrected chi connectivity index (χ1v) is 14.9. The molecule has 6 aromatic carbocycles. The summed E-state index contributed by atoms with van der Waals surface area (Å²) in [6.07, 6.45) is 0. The van der Waals surface area contributed by atoms with Gasteiger partial charge in [-0.2, -0.15) is 0 Å². The minimum Gasteiger partial charge on any atom is -0.309 e. The van der Waals surface area contributed by atoms with Gasteiger partial charge >= 0.3 is 0 Å². The highest BCUT2D eigenvalue weighted by atomic mass is 32.1. The molecule has 3 nitrogen and oxygen atoms in total. The van der Waals surface area contributed by atoms with E-state index in [1.807, 2.05) is 23.5 Å². The predicted octanol–water partition coefficient (Wildman–Crippen LogP) is 11.1. The summed E-state index contributed by atoms with van der Waals surface area (Å²) >= 11 is 1.85. The number of rotatable bonds is 2. The number of nitrogens with zero attached hydrogens (tertiary/aromatic N) is 3. The van der Waals surface area contributed by atoms with Gasteiger partial charge < -0.3 is 9.13 Å². The van der Waals surface area contributed by atoms with Crippen molar-refractivity contribution >= 4 is 80.8 Å². The second-order valence-corrected chi connectivity index (χ2v) is 12.0. The first-order chi connectivity index (χ1) is 20.7. The van der Waals surface area contributed by atoms with Crippen LogP contribution in [0.25, 0.3) is 80.0 Å². The minimum atomic E-state index is 0.666. The van der Waals surface area contributed by atoms with Crippen molar-refractivity contribution in [2.24, 2.45) is 0 Å². The van der Waals surface area contributed by atoms with Gasteiger partial charge in [-0.25, -0.2) is 4.85 Å². The summed E-state index contributed by atoms with van der Waals surface area (Å²) in [5.74, 6) is 0. The van der Waals surface area contributed by atoms with E-state index in [9.17, 15) is 0 Å². The molecule has 0 radical (unpaired) electrons. The van der Waals surface area contributed by atoms with Crippen molar-refractivity contribution in [2.45, 2.75) is 6.92 Å². The zero-order valence-electron chi connectivity index (χ0n) is 22.8. The molecule has 9 aromatic rings. The first-order valence-electron chi connectivity index (χ1n) is 14.1. The maximum Gasteiger partial charge on any atom is 0.188 e. The summed E-state index contributed by atoms with van der Waals surface area (Å²) in [6, 6.07) is 43.5. The molecule has 0 aliphatic rings. The molecule has 42 heavy (non-hydrogen) atoms. The second kappa shape index (κ2) is 8.57. The Kier molecular flexibility index (Phi) is 4.76. The molecule has 0 atom stereocenters. The summed E-state index contributed by atoms with van der Waals surface area (Å²) in [4.78, 5) is 3.73. The van der Waals surface area contributed by atoms with Gasteiger partial charge in [-0.05, 0) is 66.9 Å². The molecule has 9 rings (SSSR count). The zero-order chi connectivity index (χ0) is 27.9. The first kappa shape index (κ1) is 23.3. The molecular formula is C38H23N3S. The fourth-order valence-electron chi connectivity index (χ4n) is 6.81. The van der Waals surface area contributed by atoms with Gasteiger partial charge in [0.2, 0.25) is 0 Å². The molecule has 4 heteroatoms. The van der Waals surface area contributed by atoms with Crippen molar-refractivity contribution in [3.63, 3.8) is 0 Å². The van der Waals surface area contributed by atoms with Crippen LogP contribution in [0.5, 0.6) is 0 Å². The number of para-hydroxylation sites is 2. The predicted molar refractivity (Wildman–Crippen MR) is 179 cm³/mol. The number of aryl methyl sites for hydroxylation is 1. The molecule has 0 saturated heterocycles. The second-order valence-electron chi connectivity index (χ2n) is 10.9. The Morgan fingerprint density at radius 1 is 0.548 bits per heavy atom. The van der Waals surface area contributed by atoms with Crippen LogP contribution < -0.4 is 0 Å². The van der Waals surface area contributed by atoms with Gasteiger partial charge in [0, 0.05) is 31.6 Å². The molecule has 3 heterocycles. The maximum atomic E-state index is 7.61. The van der Waals surface area contributed by atoms with Gasteiger partial charge in [-0.15, -0.1) is 11.3 Å². The van der Waals surface area contributed by atoms with E-state index in [4.69, 9.17) is 6.57 Å². The number of benzene rings is 6. The number of hydrogen-bond donors (Lipinski definition) is 0. The topological polar surface area (TPSA) is 14.2 Å². The van der Waals surface area contributed by atoms with Crippen LogP contribution in [0.2, 0.25) is 0 Å². The van der Waals surface area contributed by atoms with Crippen molar-refractivity contribution in [2.75, 3.05) is 0 Å². The van der Waals surface area contributed by atoms with Crippen LogP contribution in [0.3, 0.4) is 0 Å². The highest BCUT2D eigenvalue weighted by Gasteiger charge is 2.20. The van der Waals surface area contributed by atoms with Crippen LogP contribution in [0.15, 0.2) is 121 Å². The Hall–Kier alpha value is -5.37. The van der Waals surface area contributed by atoms with Crippen LogP contribution in [0.1, 0.15) is 5.56 Å². The van der Waals surface area contributed by atoms with Crippen molar-refractivity contribution in [3.05, 3.63) is 138 Å². The van der Waals surface area contributed by atoms with Crippen molar-refractivity contribution in [1.29, 1.82) is 0 Å². The molecule has 3 aromatic heterocycles. The molecule has 0 bridgehead atoms. The van der Waals surface area contributed by atoms with Gasteiger partial charge in [0.1, 0.15) is 0 Å². The monoisotopic (exact) mass is 553 g/mol. The molecule has 0 saturated carbocycles. The molecule has 0 aliphatic carbocycles. The smallest absolute Gasteiger partial charge is 0.188 e. The lowest BCUT2D eigenvalue weighted by molar-refractivity contribution is 1.20. The maximum absolute atomic E-state index is 7.61. The van der Waals surface area contributed by atoms with Gasteiger partial charge in [-0.1, -0.05) is 72.3 Å². The van der Waals surface area contributed by atoms with E-state index in [0.29, 0.717) is 5.69 Å². The van der Waals surface area contributed by atoms with Crippen LogP contribution in [0, 0.1) is 13.5 Å². The van der Waals surface area contributed by atoms with E-state index in [0.717, 1.165) is 16.4 Å². The molecule has 0 spiro atoms. The number of hydrogen-bond acceptors (Lipinski definition) is 1. The number of fused-ring (bicyclic) bond motifs is 9. The molecular weight excluding hydrogens is 531 g/mol. The average Bonchev–Trinajstić information content (AvgIpc) is 3.68. The van der Waals surface area contributed by atoms with E-state index >= 15 is 0 Å². The third kappa shape index (κ3) is 3.09. The molecule has 0 unspecified atom stereocenters. The quantitative estimate of drug-likeness (QED) is 0.189. The van der Waals surface area contributed by atoms with E-state index in [1.54, 1.807) is 0 Å². The molecule has 0 aliphatic heterocycles. The fraction of sp³-hybridized carbons (Fsp3) is 0.0263. The van der Waals surface area contributed by atoms with Gasteiger partial charge in [0.05, 0.1) is 44.7 Å². The number of thiophene rings is 1. The van der Waals surface area contributed by atoms with Gasteiger partial charge in [-0.3, -0.25) is 0 Å². The molecule has 0 amide bonds. The fourth-order valence-corrected chi connectivity index (χ4v) is 8.04. The Bertz CT molecular complexity index is 2550. The lowest BCUT2D eigenvalue weighted by Gasteiger charge is -2.11. The zero-order valence-corrected chi connectivity index (χ0v) is 23.6. The summed E-state index contributed by atoms with van der Waals surface area (Å²) in [6.45, 7) is 9.74. The third-order valence-corrected chi connectivity index (χ3v) is 9.77. The van der Waals surface area contributed by atoms with E-state index in [2.05, 4.69) is 130 Å². The van der Waals surface area contributed by atoms with Gasteiger partial charge in [0.15, 0.2) is 5.69 Å². The summed E-state index contributed by atoms with van der Waals surface area (Å²) in [7, 11) is 0. The summed E-state index contributed by atoms with van der Waals surface area (Å²) in [5.41, 5.74) is 8.96. The van der Waals surface area contributed by atoms with Crippen molar-refractivity contribution < 1.29 is 0 Å². The molecule has 0 N–H and O–H groups in total. The average molecular weight is 554 g/mol. The van der Waals surface area contributed by atoms with Crippen molar-refractivity contribution in [3.8, 4) is 11.4 Å².